The van der Waals surface area contributed by atoms with Crippen molar-refractivity contribution in [2.75, 3.05) is 0 Å². The van der Waals surface area contributed by atoms with E-state index < -0.39 is 0 Å². The normalized spacial score (nSPS) is 12.1. The summed E-state index contributed by atoms with van der Waals surface area (Å²) >= 11 is 11.8. The van der Waals surface area contributed by atoms with Crippen LogP contribution in [-0.2, 0) is 6.42 Å². The zero-order valence-corrected chi connectivity index (χ0v) is 12.5. The summed E-state index contributed by atoms with van der Waals surface area (Å²) in [5.74, 6) is 0. The summed E-state index contributed by atoms with van der Waals surface area (Å²) in [6, 6.07) is 16.6. The maximum Gasteiger partial charge on any atom is 0.224 e. The topological polar surface area (TPSA) is 25.8 Å². The first-order chi connectivity index (χ1) is 10.2. The predicted octanol–water partition coefficient (Wildman–Crippen LogP) is 5.02. The van der Waals surface area contributed by atoms with Crippen LogP contribution in [0.1, 0.15) is 11.1 Å². The molecule has 0 saturated carbocycles. The van der Waals surface area contributed by atoms with Gasteiger partial charge in [-0.25, -0.2) is 9.97 Å². The molecule has 2 aromatic carbocycles. The van der Waals surface area contributed by atoms with Gasteiger partial charge in [-0.15, -0.1) is 0 Å². The second kappa shape index (κ2) is 4.83. The van der Waals surface area contributed by atoms with Crippen molar-refractivity contribution in [3.63, 3.8) is 0 Å². The Kier molecular flexibility index (Phi) is 2.95. The molecule has 0 amide bonds. The van der Waals surface area contributed by atoms with Gasteiger partial charge >= 0.3 is 0 Å². The Morgan fingerprint density at radius 2 is 1.62 bits per heavy atom. The molecule has 0 atom stereocenters. The summed E-state index contributed by atoms with van der Waals surface area (Å²) in [5.41, 5.74) is 7.04. The van der Waals surface area contributed by atoms with Gasteiger partial charge in [0, 0.05) is 11.6 Å². The van der Waals surface area contributed by atoms with E-state index in [1.165, 1.54) is 22.3 Å². The standard InChI is InChI=1S/C17H10Cl2N2/c18-16-9-15(20-17(19)21-16)11-5-6-14-12(8-11)7-10-3-1-2-4-13(10)14/h1-6,8-9H,7H2. The van der Waals surface area contributed by atoms with Gasteiger partial charge in [-0.3, -0.25) is 0 Å². The summed E-state index contributed by atoms with van der Waals surface area (Å²) < 4.78 is 0. The second-order valence-electron chi connectivity index (χ2n) is 5.05. The first kappa shape index (κ1) is 12.8. The minimum atomic E-state index is 0.168. The van der Waals surface area contributed by atoms with E-state index in [-0.39, 0.29) is 5.28 Å². The number of benzene rings is 2. The van der Waals surface area contributed by atoms with Crippen LogP contribution in [0, 0.1) is 0 Å². The summed E-state index contributed by atoms with van der Waals surface area (Å²) in [7, 11) is 0. The first-order valence-electron chi connectivity index (χ1n) is 6.62. The monoisotopic (exact) mass is 312 g/mol. The Morgan fingerprint density at radius 1 is 0.810 bits per heavy atom. The Morgan fingerprint density at radius 3 is 2.48 bits per heavy atom. The number of nitrogens with zero attached hydrogens (tertiary/aromatic N) is 2. The van der Waals surface area contributed by atoms with Crippen molar-refractivity contribution in [1.82, 2.24) is 9.97 Å². The lowest BCUT2D eigenvalue weighted by Gasteiger charge is -2.05. The lowest BCUT2D eigenvalue weighted by atomic mass is 10.0. The quantitative estimate of drug-likeness (QED) is 0.364. The summed E-state index contributed by atoms with van der Waals surface area (Å²) in [5, 5.41) is 0.523. The largest absolute Gasteiger partial charge is 0.224 e. The van der Waals surface area contributed by atoms with Crippen molar-refractivity contribution in [3.8, 4) is 22.4 Å². The smallest absolute Gasteiger partial charge is 0.218 e. The highest BCUT2D eigenvalue weighted by atomic mass is 35.5. The van der Waals surface area contributed by atoms with Crippen LogP contribution in [0.5, 0.6) is 0 Å². The number of halogens is 2. The van der Waals surface area contributed by atoms with Crippen molar-refractivity contribution in [1.29, 1.82) is 0 Å². The SMILES string of the molecule is Clc1cc(-c2ccc3c(c2)Cc2ccccc2-3)nc(Cl)n1. The minimum absolute atomic E-state index is 0.168. The van der Waals surface area contributed by atoms with Crippen LogP contribution < -0.4 is 0 Å². The maximum atomic E-state index is 5.95. The molecule has 0 spiro atoms. The minimum Gasteiger partial charge on any atom is -0.218 e. The maximum absolute atomic E-state index is 5.95. The fourth-order valence-electron chi connectivity index (χ4n) is 2.84. The molecule has 102 valence electrons. The van der Waals surface area contributed by atoms with E-state index >= 15 is 0 Å². The fourth-order valence-corrected chi connectivity index (χ4v) is 3.25. The molecular weight excluding hydrogens is 303 g/mol. The van der Waals surface area contributed by atoms with Gasteiger partial charge in [0.2, 0.25) is 5.28 Å². The molecule has 0 radical (unpaired) electrons. The van der Waals surface area contributed by atoms with Crippen LogP contribution in [-0.4, -0.2) is 9.97 Å². The lowest BCUT2D eigenvalue weighted by molar-refractivity contribution is 1.17. The molecule has 1 heterocycles. The zero-order valence-electron chi connectivity index (χ0n) is 11.0. The highest BCUT2D eigenvalue weighted by Gasteiger charge is 2.18. The molecule has 4 heteroatoms. The van der Waals surface area contributed by atoms with Gasteiger partial charge in [0.05, 0.1) is 5.69 Å². The third-order valence-electron chi connectivity index (χ3n) is 3.76. The zero-order chi connectivity index (χ0) is 14.4. The average molecular weight is 313 g/mol. The van der Waals surface area contributed by atoms with Crippen LogP contribution in [0.4, 0.5) is 0 Å². The molecule has 0 N–H and O–H groups in total. The van der Waals surface area contributed by atoms with Gasteiger partial charge in [-0.2, -0.15) is 0 Å². The summed E-state index contributed by atoms with van der Waals surface area (Å²) in [6.45, 7) is 0. The van der Waals surface area contributed by atoms with E-state index in [9.17, 15) is 0 Å². The Balaban J connectivity index is 1.83. The van der Waals surface area contributed by atoms with Crippen LogP contribution in [0.3, 0.4) is 0 Å². The van der Waals surface area contributed by atoms with Gasteiger partial charge in [-0.1, -0.05) is 48.0 Å². The van der Waals surface area contributed by atoms with Crippen molar-refractivity contribution in [2.24, 2.45) is 0 Å². The van der Waals surface area contributed by atoms with E-state index in [1.54, 1.807) is 6.07 Å². The van der Waals surface area contributed by atoms with Gasteiger partial charge in [0.25, 0.3) is 0 Å². The molecule has 4 rings (SSSR count). The Hall–Kier alpha value is -1.90. The molecule has 0 bridgehead atoms. The molecule has 0 fully saturated rings. The van der Waals surface area contributed by atoms with Gasteiger partial charge < -0.3 is 0 Å². The summed E-state index contributed by atoms with van der Waals surface area (Å²) in [6.07, 6.45) is 0.950. The molecular formula is C17H10Cl2N2. The number of aromatic nitrogens is 2. The number of hydrogen-bond donors (Lipinski definition) is 0. The van der Waals surface area contributed by atoms with Gasteiger partial charge in [-0.05, 0) is 46.3 Å². The highest BCUT2D eigenvalue weighted by molar-refractivity contribution is 6.32. The lowest BCUT2D eigenvalue weighted by Crippen LogP contribution is -1.90. The third-order valence-corrected chi connectivity index (χ3v) is 4.12. The number of hydrogen-bond acceptors (Lipinski definition) is 2. The van der Waals surface area contributed by atoms with Crippen molar-refractivity contribution in [2.45, 2.75) is 6.42 Å². The average Bonchev–Trinajstić information content (AvgIpc) is 2.83. The van der Waals surface area contributed by atoms with Crippen molar-refractivity contribution >= 4 is 23.2 Å². The Bertz CT molecular complexity index is 839. The van der Waals surface area contributed by atoms with E-state index in [2.05, 4.69) is 52.4 Å². The molecule has 2 nitrogen and oxygen atoms in total. The van der Waals surface area contributed by atoms with Crippen LogP contribution in [0.15, 0.2) is 48.5 Å². The van der Waals surface area contributed by atoms with Gasteiger partial charge in [0.15, 0.2) is 0 Å². The van der Waals surface area contributed by atoms with Crippen molar-refractivity contribution in [3.05, 3.63) is 70.1 Å². The van der Waals surface area contributed by atoms with E-state index in [0.717, 1.165) is 17.7 Å². The third kappa shape index (κ3) is 2.21. The van der Waals surface area contributed by atoms with Gasteiger partial charge in [0.1, 0.15) is 5.15 Å². The first-order valence-corrected chi connectivity index (χ1v) is 7.38. The molecule has 3 aromatic rings. The molecule has 21 heavy (non-hydrogen) atoms. The molecule has 0 aliphatic heterocycles. The molecule has 1 aliphatic rings. The highest BCUT2D eigenvalue weighted by Crippen LogP contribution is 2.38. The predicted molar refractivity (Wildman–Crippen MR) is 85.7 cm³/mol. The van der Waals surface area contributed by atoms with E-state index in [4.69, 9.17) is 23.2 Å². The molecule has 0 saturated heterocycles. The van der Waals surface area contributed by atoms with E-state index in [1.807, 2.05) is 0 Å². The molecule has 1 aliphatic carbocycles. The second-order valence-corrected chi connectivity index (χ2v) is 5.78. The number of fused-ring (bicyclic) bond motifs is 3. The summed E-state index contributed by atoms with van der Waals surface area (Å²) in [4.78, 5) is 8.13. The van der Waals surface area contributed by atoms with Crippen LogP contribution in [0.2, 0.25) is 10.4 Å². The van der Waals surface area contributed by atoms with Crippen LogP contribution >= 0.6 is 23.2 Å². The van der Waals surface area contributed by atoms with Crippen molar-refractivity contribution < 1.29 is 0 Å². The van der Waals surface area contributed by atoms with Crippen LogP contribution in [0.25, 0.3) is 22.4 Å². The fraction of sp³-hybridized carbons (Fsp3) is 0.0588. The molecule has 0 unspecified atom stereocenters. The number of rotatable bonds is 1. The van der Waals surface area contributed by atoms with E-state index in [0.29, 0.717) is 5.15 Å². The Labute approximate surface area is 132 Å². The molecule has 1 aromatic heterocycles.